The molecule has 0 amide bonds. The van der Waals surface area contributed by atoms with Crippen LogP contribution >= 0.6 is 0 Å². The van der Waals surface area contributed by atoms with Crippen LogP contribution in [0.5, 0.6) is 0 Å². The van der Waals surface area contributed by atoms with Crippen LogP contribution in [-0.2, 0) is 14.3 Å². The third-order valence-corrected chi connectivity index (χ3v) is 1.95. The van der Waals surface area contributed by atoms with E-state index in [1.165, 1.54) is 0 Å². The van der Waals surface area contributed by atoms with Gasteiger partial charge in [-0.15, -0.1) is 0 Å². The Bertz CT molecular complexity index is 162. The third kappa shape index (κ3) is 7.33. The molecule has 1 unspecified atom stereocenters. The lowest BCUT2D eigenvalue weighted by molar-refractivity contribution is -0.157. The van der Waals surface area contributed by atoms with Crippen molar-refractivity contribution in [1.29, 1.82) is 0 Å². The first-order valence-electron chi connectivity index (χ1n) is 5.75. The second-order valence-corrected chi connectivity index (χ2v) is 3.25. The molecule has 1 atom stereocenters. The largest absolute Gasteiger partial charge is 0.464 e. The molecule has 0 saturated heterocycles. The molecular weight excluding hydrogens is 194 g/mol. The molecule has 0 bridgehead atoms. The molecule has 1 N–H and O–H groups in total. The van der Waals surface area contributed by atoms with Crippen LogP contribution in [0, 0.1) is 0 Å². The molecule has 0 saturated carbocycles. The Labute approximate surface area is 92.3 Å². The molecule has 4 nitrogen and oxygen atoms in total. The van der Waals surface area contributed by atoms with E-state index in [2.05, 4.69) is 5.32 Å². The van der Waals surface area contributed by atoms with Gasteiger partial charge in [-0.2, -0.15) is 0 Å². The molecule has 0 aromatic carbocycles. The van der Waals surface area contributed by atoms with Crippen molar-refractivity contribution in [2.75, 3.05) is 26.3 Å². The van der Waals surface area contributed by atoms with Gasteiger partial charge in [-0.25, -0.2) is 4.79 Å². The highest BCUT2D eigenvalue weighted by Crippen LogP contribution is 2.04. The predicted octanol–water partition coefficient (Wildman–Crippen LogP) is 1.34. The molecular formula is C11H23NO3. The van der Waals surface area contributed by atoms with E-state index in [1.54, 1.807) is 6.92 Å². The molecule has 0 aliphatic rings. The minimum absolute atomic E-state index is 0.240. The van der Waals surface area contributed by atoms with E-state index in [0.29, 0.717) is 13.2 Å². The predicted molar refractivity (Wildman–Crippen MR) is 59.8 cm³/mol. The first-order valence-corrected chi connectivity index (χ1v) is 5.75. The number of hydrogen-bond donors (Lipinski definition) is 1. The van der Waals surface area contributed by atoms with Gasteiger partial charge in [-0.05, 0) is 19.9 Å². The molecule has 0 aliphatic heterocycles. The van der Waals surface area contributed by atoms with Gasteiger partial charge in [0.25, 0.3) is 0 Å². The summed E-state index contributed by atoms with van der Waals surface area (Å²) in [6.07, 6.45) is 1.25. The first kappa shape index (κ1) is 14.4. The monoisotopic (exact) mass is 217 g/mol. The summed E-state index contributed by atoms with van der Waals surface area (Å²) in [7, 11) is 0. The maximum Gasteiger partial charge on any atom is 0.335 e. The van der Waals surface area contributed by atoms with E-state index in [4.69, 9.17) is 9.47 Å². The highest BCUT2D eigenvalue weighted by Gasteiger charge is 2.18. The molecule has 0 radical (unpaired) electrons. The van der Waals surface area contributed by atoms with Crippen molar-refractivity contribution >= 4 is 5.97 Å². The average molecular weight is 217 g/mol. The minimum Gasteiger partial charge on any atom is -0.464 e. The Morgan fingerprint density at radius 3 is 2.60 bits per heavy atom. The lowest BCUT2D eigenvalue weighted by Crippen LogP contribution is -2.30. The number of nitrogens with one attached hydrogen (secondary N) is 1. The molecule has 0 aliphatic carbocycles. The number of hydrogen-bond acceptors (Lipinski definition) is 4. The van der Waals surface area contributed by atoms with Gasteiger partial charge in [0.15, 0.2) is 6.10 Å². The lowest BCUT2D eigenvalue weighted by atomic mass is 10.2. The van der Waals surface area contributed by atoms with Gasteiger partial charge in [-0.1, -0.05) is 20.3 Å². The van der Waals surface area contributed by atoms with Crippen LogP contribution in [-0.4, -0.2) is 38.4 Å². The Morgan fingerprint density at radius 2 is 2.07 bits per heavy atom. The van der Waals surface area contributed by atoms with Gasteiger partial charge in [0.1, 0.15) is 0 Å². The summed E-state index contributed by atoms with van der Waals surface area (Å²) in [5.74, 6) is -0.240. The van der Waals surface area contributed by atoms with Gasteiger partial charge < -0.3 is 14.8 Å². The van der Waals surface area contributed by atoms with Crippen LogP contribution in [0.4, 0.5) is 0 Å². The Hall–Kier alpha value is -0.610. The molecule has 15 heavy (non-hydrogen) atoms. The Kier molecular flexibility index (Phi) is 9.52. The summed E-state index contributed by atoms with van der Waals surface area (Å²) >= 11 is 0. The smallest absolute Gasteiger partial charge is 0.335 e. The van der Waals surface area contributed by atoms with Gasteiger partial charge in [0.2, 0.25) is 0 Å². The van der Waals surface area contributed by atoms with E-state index >= 15 is 0 Å². The topological polar surface area (TPSA) is 47.6 Å². The van der Waals surface area contributed by atoms with Crippen molar-refractivity contribution in [3.63, 3.8) is 0 Å². The summed E-state index contributed by atoms with van der Waals surface area (Å²) in [6, 6.07) is 0. The number of carbonyl (C=O) groups is 1. The fraction of sp³-hybridized carbons (Fsp3) is 0.909. The van der Waals surface area contributed by atoms with Crippen molar-refractivity contribution in [3.05, 3.63) is 0 Å². The highest BCUT2D eigenvalue weighted by atomic mass is 16.6. The quantitative estimate of drug-likeness (QED) is 0.468. The summed E-state index contributed by atoms with van der Waals surface area (Å²) < 4.78 is 10.4. The zero-order valence-electron chi connectivity index (χ0n) is 10.0. The Balaban J connectivity index is 3.76. The zero-order chi connectivity index (χ0) is 11.5. The normalized spacial score (nSPS) is 12.5. The van der Waals surface area contributed by atoms with Gasteiger partial charge in [-0.3, -0.25) is 0 Å². The van der Waals surface area contributed by atoms with Crippen LogP contribution in [0.25, 0.3) is 0 Å². The minimum atomic E-state index is -0.395. The van der Waals surface area contributed by atoms with E-state index < -0.39 is 6.10 Å². The fourth-order valence-corrected chi connectivity index (χ4v) is 1.22. The molecule has 0 fully saturated rings. The average Bonchev–Trinajstić information content (AvgIpc) is 2.23. The van der Waals surface area contributed by atoms with Crippen molar-refractivity contribution in [1.82, 2.24) is 5.32 Å². The molecule has 0 rings (SSSR count). The van der Waals surface area contributed by atoms with Crippen molar-refractivity contribution in [2.24, 2.45) is 0 Å². The van der Waals surface area contributed by atoms with E-state index in [-0.39, 0.29) is 5.97 Å². The van der Waals surface area contributed by atoms with Crippen LogP contribution < -0.4 is 5.32 Å². The van der Waals surface area contributed by atoms with Gasteiger partial charge in [0.05, 0.1) is 13.2 Å². The van der Waals surface area contributed by atoms with Crippen LogP contribution in [0.15, 0.2) is 0 Å². The van der Waals surface area contributed by atoms with E-state index in [9.17, 15) is 4.79 Å². The van der Waals surface area contributed by atoms with Crippen molar-refractivity contribution < 1.29 is 14.3 Å². The molecule has 0 heterocycles. The summed E-state index contributed by atoms with van der Waals surface area (Å²) in [5, 5.41) is 3.14. The summed E-state index contributed by atoms with van der Waals surface area (Å²) in [5.41, 5.74) is 0. The molecule has 4 heteroatoms. The number of rotatable bonds is 9. The van der Waals surface area contributed by atoms with Crippen LogP contribution in [0.2, 0.25) is 0 Å². The van der Waals surface area contributed by atoms with Crippen LogP contribution in [0.3, 0.4) is 0 Å². The maximum atomic E-state index is 11.4. The van der Waals surface area contributed by atoms with E-state index in [1.807, 2.05) is 13.8 Å². The third-order valence-electron chi connectivity index (χ3n) is 1.95. The summed E-state index contributed by atoms with van der Waals surface area (Å²) in [4.78, 5) is 11.4. The standard InChI is InChI=1S/C11H23NO3/c1-4-7-10(11(13)14-6-3)15-9-8-12-5-2/h10,12H,4-9H2,1-3H3. The Morgan fingerprint density at radius 1 is 1.33 bits per heavy atom. The van der Waals surface area contributed by atoms with Crippen molar-refractivity contribution in [2.45, 2.75) is 39.7 Å². The summed E-state index contributed by atoms with van der Waals surface area (Å²) in [6.45, 7) is 8.53. The number of carbonyl (C=O) groups excluding carboxylic acids is 1. The second kappa shape index (κ2) is 9.93. The van der Waals surface area contributed by atoms with Crippen molar-refractivity contribution in [3.8, 4) is 0 Å². The number of ether oxygens (including phenoxy) is 2. The number of esters is 1. The maximum absolute atomic E-state index is 11.4. The van der Waals surface area contributed by atoms with Crippen LogP contribution in [0.1, 0.15) is 33.6 Å². The molecule has 0 aromatic heterocycles. The van der Waals surface area contributed by atoms with Gasteiger partial charge in [0, 0.05) is 6.54 Å². The zero-order valence-corrected chi connectivity index (χ0v) is 10.0. The van der Waals surface area contributed by atoms with Gasteiger partial charge >= 0.3 is 5.97 Å². The highest BCUT2D eigenvalue weighted by molar-refractivity contribution is 5.74. The fourth-order valence-electron chi connectivity index (χ4n) is 1.22. The lowest BCUT2D eigenvalue weighted by Gasteiger charge is -2.15. The molecule has 0 aromatic rings. The second-order valence-electron chi connectivity index (χ2n) is 3.25. The molecule has 90 valence electrons. The number of likely N-dealkylation sites (N-methyl/N-ethyl adjacent to an activating group) is 1. The first-order chi connectivity index (χ1) is 7.26. The van der Waals surface area contributed by atoms with E-state index in [0.717, 1.165) is 25.9 Å². The SMILES string of the molecule is CCCC(OCCNCC)C(=O)OCC. The molecule has 0 spiro atoms.